The summed E-state index contributed by atoms with van der Waals surface area (Å²) in [6.07, 6.45) is -0.103. The summed E-state index contributed by atoms with van der Waals surface area (Å²) in [5.74, 6) is -1.79. The first-order chi connectivity index (χ1) is 21.0. The van der Waals surface area contributed by atoms with Gasteiger partial charge in [0.15, 0.2) is 0 Å². The Hall–Kier alpha value is -3.75. The normalized spacial score (nSPS) is 28.7. The van der Waals surface area contributed by atoms with E-state index < -0.39 is 54.4 Å². The largest absolute Gasteiger partial charge is 0.494 e. The number of nitrogens with zero attached hydrogens (tertiary/aromatic N) is 2. The molecular formula is C30H45N7O7. The number of hydrogen-bond donors (Lipinski definition) is 6. The SMILES string of the molecule is CCC(C)C1NC(=O)C2CN(CCN2CC(O)C2Cc3ccc(cc3)OCCCC(=O)NC(CC(N)=O)C(=O)N2)CNC1=O. The number of nitrogens with two attached hydrogens (primary N) is 1. The predicted octanol–water partition coefficient (Wildman–Crippen LogP) is -1.79. The van der Waals surface area contributed by atoms with Crippen LogP contribution >= 0.6 is 0 Å². The van der Waals surface area contributed by atoms with Gasteiger partial charge in [0.05, 0.1) is 31.8 Å². The van der Waals surface area contributed by atoms with E-state index in [1.165, 1.54) is 0 Å². The zero-order chi connectivity index (χ0) is 31.8. The molecule has 0 saturated carbocycles. The average Bonchev–Trinajstić information content (AvgIpc) is 3.03. The van der Waals surface area contributed by atoms with Crippen molar-refractivity contribution in [2.24, 2.45) is 11.7 Å². The second kappa shape index (κ2) is 15.3. The van der Waals surface area contributed by atoms with Crippen LogP contribution in [-0.4, -0.2) is 114 Å². The van der Waals surface area contributed by atoms with E-state index in [0.29, 0.717) is 51.5 Å². The molecule has 2 saturated heterocycles. The minimum atomic E-state index is -1.21. The molecule has 44 heavy (non-hydrogen) atoms. The van der Waals surface area contributed by atoms with Crippen molar-refractivity contribution in [3.8, 4) is 5.75 Å². The number of carbonyl (C=O) groups excluding carboxylic acids is 5. The maximum Gasteiger partial charge on any atom is 0.243 e. The van der Waals surface area contributed by atoms with Crippen LogP contribution in [0.15, 0.2) is 24.3 Å². The minimum Gasteiger partial charge on any atom is -0.494 e. The molecule has 7 unspecified atom stereocenters. The fourth-order valence-corrected chi connectivity index (χ4v) is 5.75. The van der Waals surface area contributed by atoms with E-state index in [1.807, 2.05) is 35.8 Å². The Bertz CT molecular complexity index is 1200. The van der Waals surface area contributed by atoms with Gasteiger partial charge in [-0.05, 0) is 36.5 Å². The van der Waals surface area contributed by atoms with Crippen molar-refractivity contribution in [3.05, 3.63) is 29.8 Å². The average molecular weight is 616 g/mol. The number of nitrogens with one attached hydrogen (secondary N) is 4. The number of aliphatic hydroxyl groups excluding tert-OH is 1. The quantitative estimate of drug-likeness (QED) is 0.205. The molecular weight excluding hydrogens is 570 g/mol. The van der Waals surface area contributed by atoms with Gasteiger partial charge >= 0.3 is 0 Å². The Morgan fingerprint density at radius 3 is 2.52 bits per heavy atom. The Balaban J connectivity index is 1.56. The molecule has 1 aromatic carbocycles. The topological polar surface area (TPSA) is 195 Å². The lowest BCUT2D eigenvalue weighted by Crippen LogP contribution is -2.63. The van der Waals surface area contributed by atoms with Crippen molar-refractivity contribution in [1.29, 1.82) is 0 Å². The van der Waals surface area contributed by atoms with E-state index in [4.69, 9.17) is 10.5 Å². The van der Waals surface area contributed by atoms with Crippen LogP contribution in [0.1, 0.15) is 45.1 Å². The van der Waals surface area contributed by atoms with Gasteiger partial charge in [-0.25, -0.2) is 0 Å². The van der Waals surface area contributed by atoms with Crippen LogP contribution in [0.5, 0.6) is 5.75 Å². The van der Waals surface area contributed by atoms with E-state index >= 15 is 0 Å². The van der Waals surface area contributed by atoms with Gasteiger partial charge < -0.3 is 36.8 Å². The van der Waals surface area contributed by atoms with Crippen molar-refractivity contribution in [3.63, 3.8) is 0 Å². The highest BCUT2D eigenvalue weighted by atomic mass is 16.5. The standard InChI is InChI=1S/C30H45N7O7/c1-3-18(2)27-30(43)32-17-36-10-11-37(23(15-36)29(42)35-27)16-24(38)21-13-19-6-8-20(9-7-19)44-12-4-5-26(40)33-22(14-25(31)39)28(41)34-21/h6-9,18,21-24,27,38H,3-5,10-17H2,1-2H3,(H2,31,39)(H,32,43)(H,33,40)(H,34,41)(H,35,42). The van der Waals surface area contributed by atoms with Crippen molar-refractivity contribution in [1.82, 2.24) is 31.1 Å². The highest BCUT2D eigenvalue weighted by Crippen LogP contribution is 2.19. The third kappa shape index (κ3) is 8.89. The number of rotatable bonds is 7. The van der Waals surface area contributed by atoms with Crippen LogP contribution < -0.4 is 31.7 Å². The molecule has 7 N–H and O–H groups in total. The second-order valence-corrected chi connectivity index (χ2v) is 11.9. The zero-order valence-electron chi connectivity index (χ0n) is 25.4. The molecule has 0 aromatic heterocycles. The summed E-state index contributed by atoms with van der Waals surface area (Å²) in [5.41, 5.74) is 6.20. The van der Waals surface area contributed by atoms with Crippen LogP contribution in [0.25, 0.3) is 0 Å². The smallest absolute Gasteiger partial charge is 0.243 e. The van der Waals surface area contributed by atoms with Crippen molar-refractivity contribution < 1.29 is 33.8 Å². The molecule has 5 amide bonds. The van der Waals surface area contributed by atoms with E-state index in [-0.39, 0.29) is 37.1 Å². The summed E-state index contributed by atoms with van der Waals surface area (Å²) in [6.45, 7) is 5.92. The molecule has 14 heteroatoms. The summed E-state index contributed by atoms with van der Waals surface area (Å²) in [6, 6.07) is 3.92. The van der Waals surface area contributed by atoms with E-state index in [2.05, 4.69) is 21.3 Å². The summed E-state index contributed by atoms with van der Waals surface area (Å²) >= 11 is 0. The molecule has 4 heterocycles. The van der Waals surface area contributed by atoms with Gasteiger partial charge in [-0.15, -0.1) is 0 Å². The van der Waals surface area contributed by atoms with Crippen molar-refractivity contribution >= 4 is 29.5 Å². The van der Waals surface area contributed by atoms with Gasteiger partial charge in [0.25, 0.3) is 0 Å². The number of amides is 5. The Kier molecular flexibility index (Phi) is 11.5. The van der Waals surface area contributed by atoms with Crippen LogP contribution in [0, 0.1) is 5.92 Å². The van der Waals surface area contributed by atoms with E-state index in [9.17, 15) is 29.1 Å². The molecule has 4 bridgehead atoms. The molecule has 14 nitrogen and oxygen atoms in total. The van der Waals surface area contributed by atoms with Gasteiger partial charge in [-0.3, -0.25) is 33.8 Å². The van der Waals surface area contributed by atoms with E-state index in [0.717, 1.165) is 5.56 Å². The van der Waals surface area contributed by atoms with Crippen LogP contribution in [0.4, 0.5) is 0 Å². The molecule has 7 atom stereocenters. The number of carbonyl (C=O) groups is 5. The Morgan fingerprint density at radius 1 is 1.07 bits per heavy atom. The van der Waals surface area contributed by atoms with Gasteiger partial charge in [0, 0.05) is 32.6 Å². The zero-order valence-corrected chi connectivity index (χ0v) is 25.4. The monoisotopic (exact) mass is 615 g/mol. The third-order valence-corrected chi connectivity index (χ3v) is 8.61. The first-order valence-electron chi connectivity index (χ1n) is 15.4. The Labute approximate surface area is 257 Å². The summed E-state index contributed by atoms with van der Waals surface area (Å²) < 4.78 is 5.72. The molecule has 242 valence electrons. The molecule has 0 spiro atoms. The number of benzene rings is 1. The van der Waals surface area contributed by atoms with E-state index in [1.54, 1.807) is 12.1 Å². The minimum absolute atomic E-state index is 0.0558. The summed E-state index contributed by atoms with van der Waals surface area (Å²) in [4.78, 5) is 67.9. The fraction of sp³-hybridized carbons (Fsp3) is 0.633. The molecule has 4 aliphatic heterocycles. The molecule has 1 aromatic rings. The van der Waals surface area contributed by atoms with Gasteiger partial charge in [-0.1, -0.05) is 32.4 Å². The fourth-order valence-electron chi connectivity index (χ4n) is 5.75. The Morgan fingerprint density at radius 2 is 1.82 bits per heavy atom. The van der Waals surface area contributed by atoms with Gasteiger partial charge in [0.1, 0.15) is 23.9 Å². The maximum atomic E-state index is 13.5. The lowest BCUT2D eigenvalue weighted by molar-refractivity contribution is -0.134. The third-order valence-electron chi connectivity index (χ3n) is 8.61. The highest BCUT2D eigenvalue weighted by Gasteiger charge is 2.39. The molecule has 4 aliphatic rings. The first-order valence-corrected chi connectivity index (χ1v) is 15.4. The summed E-state index contributed by atoms with van der Waals surface area (Å²) in [5, 5.41) is 22.9. The number of primary amides is 1. The molecule has 5 rings (SSSR count). The summed E-state index contributed by atoms with van der Waals surface area (Å²) in [7, 11) is 0. The number of fused-ring (bicyclic) bond motifs is 14. The molecule has 0 radical (unpaired) electrons. The number of aliphatic hydroxyl groups is 1. The highest BCUT2D eigenvalue weighted by molar-refractivity contribution is 5.92. The van der Waals surface area contributed by atoms with Gasteiger partial charge in [0.2, 0.25) is 29.5 Å². The van der Waals surface area contributed by atoms with Gasteiger partial charge in [-0.2, -0.15) is 0 Å². The maximum absolute atomic E-state index is 13.5. The number of hydrogen-bond acceptors (Lipinski definition) is 9. The lowest BCUT2D eigenvalue weighted by atomic mass is 9.97. The van der Waals surface area contributed by atoms with Crippen molar-refractivity contribution in [2.45, 2.75) is 76.2 Å². The lowest BCUT2D eigenvalue weighted by Gasteiger charge is -2.41. The number of β-amino-alcohol motifs (C(OH)–C–C–N with tert-alkyl or cyclic N) is 1. The second-order valence-electron chi connectivity index (χ2n) is 11.9. The number of piperazine rings is 1. The van der Waals surface area contributed by atoms with Crippen LogP contribution in [0.2, 0.25) is 0 Å². The predicted molar refractivity (Wildman–Crippen MR) is 160 cm³/mol. The van der Waals surface area contributed by atoms with Crippen LogP contribution in [-0.2, 0) is 30.4 Å². The van der Waals surface area contributed by atoms with Crippen molar-refractivity contribution in [2.75, 3.05) is 39.5 Å². The first kappa shape index (κ1) is 33.1. The van der Waals surface area contributed by atoms with Crippen LogP contribution in [0.3, 0.4) is 0 Å². The number of ether oxygens (including phenoxy) is 1. The molecule has 2 fully saturated rings. The molecule has 0 aliphatic carbocycles.